The van der Waals surface area contributed by atoms with Gasteiger partial charge in [0.25, 0.3) is 0 Å². The van der Waals surface area contributed by atoms with Crippen molar-refractivity contribution in [2.24, 2.45) is 0 Å². The second kappa shape index (κ2) is 7.93. The molecule has 0 bridgehead atoms. The van der Waals surface area contributed by atoms with E-state index in [2.05, 4.69) is 51.3 Å². The number of nitrogens with zero attached hydrogens (tertiary/aromatic N) is 2. The van der Waals surface area contributed by atoms with Gasteiger partial charge in [0.1, 0.15) is 16.2 Å². The van der Waals surface area contributed by atoms with Gasteiger partial charge in [0, 0.05) is 24.3 Å². The summed E-state index contributed by atoms with van der Waals surface area (Å²) in [4.78, 5) is 8.89. The molecule has 1 unspecified atom stereocenters. The molecule has 0 radical (unpaired) electrons. The molecule has 1 atom stereocenters. The molecule has 1 rings (SSSR count). The molecule has 1 aromatic rings. The minimum atomic E-state index is 0.473. The van der Waals surface area contributed by atoms with Crippen molar-refractivity contribution < 1.29 is 0 Å². The molecular weight excluding hydrogens is 298 g/mol. The summed E-state index contributed by atoms with van der Waals surface area (Å²) >= 11 is 5.29. The predicted octanol–water partition coefficient (Wildman–Crippen LogP) is 3.75. The van der Waals surface area contributed by atoms with E-state index in [1.807, 2.05) is 17.8 Å². The van der Waals surface area contributed by atoms with Gasteiger partial charge in [0.15, 0.2) is 0 Å². The van der Waals surface area contributed by atoms with Crippen molar-refractivity contribution in [2.75, 3.05) is 17.3 Å². The fourth-order valence-electron chi connectivity index (χ4n) is 1.55. The molecule has 0 saturated carbocycles. The summed E-state index contributed by atoms with van der Waals surface area (Å²) < 4.78 is 0.859. The summed E-state index contributed by atoms with van der Waals surface area (Å²) in [5, 5.41) is 3.47. The molecule has 1 heterocycles. The lowest BCUT2D eigenvalue weighted by Gasteiger charge is -2.16. The van der Waals surface area contributed by atoms with Crippen LogP contribution in [-0.4, -0.2) is 28.0 Å². The Bertz CT molecular complexity index is 347. The van der Waals surface area contributed by atoms with Crippen molar-refractivity contribution in [3.63, 3.8) is 0 Å². The molecule has 0 aliphatic rings. The van der Waals surface area contributed by atoms with Gasteiger partial charge in [0.05, 0.1) is 0 Å². The van der Waals surface area contributed by atoms with Gasteiger partial charge in [-0.3, -0.25) is 0 Å². The van der Waals surface area contributed by atoms with Crippen LogP contribution in [0.3, 0.4) is 0 Å². The summed E-state index contributed by atoms with van der Waals surface area (Å²) in [6.45, 7) is 4.33. The number of aryl methyl sites for hydroxylation is 1. The predicted molar refractivity (Wildman–Crippen MR) is 79.8 cm³/mol. The number of thioether (sulfide) groups is 1. The summed E-state index contributed by atoms with van der Waals surface area (Å²) in [6, 6.07) is 2.42. The molecule has 0 fully saturated rings. The Kier molecular flexibility index (Phi) is 6.89. The number of hydrogen-bond acceptors (Lipinski definition) is 4. The fraction of sp³-hybridized carbons (Fsp3) is 0.667. The van der Waals surface area contributed by atoms with Crippen LogP contribution in [0.2, 0.25) is 0 Å². The van der Waals surface area contributed by atoms with Gasteiger partial charge < -0.3 is 5.32 Å². The average molecular weight is 318 g/mol. The number of nitrogens with one attached hydrogen (secondary N) is 1. The van der Waals surface area contributed by atoms with Crippen LogP contribution < -0.4 is 5.32 Å². The number of aromatic nitrogens is 2. The Morgan fingerprint density at radius 2 is 2.18 bits per heavy atom. The van der Waals surface area contributed by atoms with Crippen molar-refractivity contribution in [3.8, 4) is 0 Å². The van der Waals surface area contributed by atoms with Gasteiger partial charge in [-0.25, -0.2) is 9.97 Å². The van der Waals surface area contributed by atoms with E-state index in [9.17, 15) is 0 Å². The first-order chi connectivity index (χ1) is 8.19. The largest absolute Gasteiger partial charge is 0.366 e. The maximum atomic E-state index is 4.53. The Balaban J connectivity index is 2.75. The highest BCUT2D eigenvalue weighted by molar-refractivity contribution is 9.10. The Hall–Kier alpha value is -0.290. The summed E-state index contributed by atoms with van der Waals surface area (Å²) in [5.41, 5.74) is 0. The zero-order chi connectivity index (χ0) is 12.7. The van der Waals surface area contributed by atoms with Crippen LogP contribution in [0, 0.1) is 0 Å². The highest BCUT2D eigenvalue weighted by Gasteiger charge is 2.08. The Morgan fingerprint density at radius 1 is 1.41 bits per heavy atom. The van der Waals surface area contributed by atoms with E-state index < -0.39 is 0 Å². The lowest BCUT2D eigenvalue weighted by Crippen LogP contribution is -2.22. The van der Waals surface area contributed by atoms with Gasteiger partial charge in [0.2, 0.25) is 0 Å². The SMILES string of the molecule is CCCc1nc(Br)cc(NC(CC)CSC)n1. The number of hydrogen-bond donors (Lipinski definition) is 1. The second-order valence-electron chi connectivity index (χ2n) is 3.95. The first-order valence-electron chi connectivity index (χ1n) is 5.98. The molecule has 0 spiro atoms. The lowest BCUT2D eigenvalue weighted by molar-refractivity contribution is 0.760. The van der Waals surface area contributed by atoms with E-state index in [1.54, 1.807) is 0 Å². The quantitative estimate of drug-likeness (QED) is 0.777. The molecule has 0 aliphatic carbocycles. The van der Waals surface area contributed by atoms with Gasteiger partial charge in [-0.05, 0) is 35.0 Å². The third-order valence-electron chi connectivity index (χ3n) is 2.43. The molecule has 96 valence electrons. The maximum Gasteiger partial charge on any atom is 0.132 e. The van der Waals surface area contributed by atoms with Crippen molar-refractivity contribution in [3.05, 3.63) is 16.5 Å². The summed E-state index contributed by atoms with van der Waals surface area (Å²) in [7, 11) is 0. The van der Waals surface area contributed by atoms with Crippen molar-refractivity contribution in [2.45, 2.75) is 39.2 Å². The van der Waals surface area contributed by atoms with Crippen LogP contribution in [-0.2, 0) is 6.42 Å². The van der Waals surface area contributed by atoms with E-state index in [0.717, 1.165) is 41.3 Å². The maximum absolute atomic E-state index is 4.53. The molecule has 0 amide bonds. The lowest BCUT2D eigenvalue weighted by atomic mass is 10.2. The smallest absolute Gasteiger partial charge is 0.132 e. The van der Waals surface area contributed by atoms with Crippen LogP contribution in [0.25, 0.3) is 0 Å². The van der Waals surface area contributed by atoms with Crippen LogP contribution in [0.15, 0.2) is 10.7 Å². The van der Waals surface area contributed by atoms with Gasteiger partial charge >= 0.3 is 0 Å². The third-order valence-corrected chi connectivity index (χ3v) is 3.57. The average Bonchev–Trinajstić information content (AvgIpc) is 2.28. The molecule has 3 nitrogen and oxygen atoms in total. The standard InChI is InChI=1S/C12H20BrN3S/c1-4-6-11-15-10(13)7-12(16-11)14-9(5-2)8-17-3/h7,9H,4-6,8H2,1-3H3,(H,14,15,16). The highest BCUT2D eigenvalue weighted by atomic mass is 79.9. The minimum Gasteiger partial charge on any atom is -0.366 e. The molecule has 1 N–H and O–H groups in total. The van der Waals surface area contributed by atoms with E-state index in [0.29, 0.717) is 6.04 Å². The van der Waals surface area contributed by atoms with Gasteiger partial charge in [-0.15, -0.1) is 0 Å². The van der Waals surface area contributed by atoms with Crippen LogP contribution in [0.5, 0.6) is 0 Å². The number of halogens is 1. The zero-order valence-corrected chi connectivity index (χ0v) is 13.1. The molecular formula is C12H20BrN3S. The van der Waals surface area contributed by atoms with Crippen molar-refractivity contribution in [1.29, 1.82) is 0 Å². The zero-order valence-electron chi connectivity index (χ0n) is 10.7. The number of anilines is 1. The highest BCUT2D eigenvalue weighted by Crippen LogP contribution is 2.16. The van der Waals surface area contributed by atoms with Gasteiger partial charge in [-0.2, -0.15) is 11.8 Å². The fourth-order valence-corrected chi connectivity index (χ4v) is 2.69. The summed E-state index contributed by atoms with van der Waals surface area (Å²) in [6.07, 6.45) is 5.22. The molecule has 17 heavy (non-hydrogen) atoms. The number of rotatable bonds is 7. The van der Waals surface area contributed by atoms with Crippen LogP contribution >= 0.6 is 27.7 Å². The molecule has 0 saturated heterocycles. The topological polar surface area (TPSA) is 37.8 Å². The van der Waals surface area contributed by atoms with Crippen molar-refractivity contribution >= 4 is 33.5 Å². The van der Waals surface area contributed by atoms with Crippen LogP contribution in [0.4, 0.5) is 5.82 Å². The van der Waals surface area contributed by atoms with Crippen molar-refractivity contribution in [1.82, 2.24) is 9.97 Å². The van der Waals surface area contributed by atoms with Gasteiger partial charge in [-0.1, -0.05) is 13.8 Å². The molecule has 0 aromatic carbocycles. The molecule has 5 heteroatoms. The molecule has 1 aromatic heterocycles. The first kappa shape index (κ1) is 14.8. The minimum absolute atomic E-state index is 0.473. The van der Waals surface area contributed by atoms with Crippen LogP contribution in [0.1, 0.15) is 32.5 Å². The van der Waals surface area contributed by atoms with E-state index in [-0.39, 0.29) is 0 Å². The summed E-state index contributed by atoms with van der Waals surface area (Å²) in [5.74, 6) is 2.93. The first-order valence-corrected chi connectivity index (χ1v) is 8.17. The third kappa shape index (κ3) is 5.25. The van der Waals surface area contributed by atoms with E-state index in [1.165, 1.54) is 0 Å². The second-order valence-corrected chi connectivity index (χ2v) is 5.67. The van der Waals surface area contributed by atoms with E-state index >= 15 is 0 Å². The van der Waals surface area contributed by atoms with E-state index in [4.69, 9.17) is 0 Å². The molecule has 0 aliphatic heterocycles. The monoisotopic (exact) mass is 317 g/mol. The Morgan fingerprint density at radius 3 is 2.76 bits per heavy atom. The normalized spacial score (nSPS) is 12.5. The Labute approximate surface area is 116 Å².